The van der Waals surface area contributed by atoms with E-state index < -0.39 is 40.8 Å². The summed E-state index contributed by atoms with van der Waals surface area (Å²) in [5.41, 5.74) is 5.24. The average Bonchev–Trinajstić information content (AvgIpc) is 2.70. The van der Waals surface area contributed by atoms with Crippen LogP contribution in [0.1, 0.15) is 17.3 Å². The van der Waals surface area contributed by atoms with Gasteiger partial charge in [-0.2, -0.15) is 0 Å². The van der Waals surface area contributed by atoms with Crippen LogP contribution in [-0.4, -0.2) is 42.0 Å². The molecule has 0 saturated heterocycles. The first-order chi connectivity index (χ1) is 14.6. The largest absolute Gasteiger partial charge is 0.465 e. The Kier molecular flexibility index (Phi) is 8.08. The lowest BCUT2D eigenvalue weighted by atomic mass is 10.0. The third-order valence-electron chi connectivity index (χ3n) is 3.91. The highest BCUT2D eigenvalue weighted by Gasteiger charge is 2.22. The molecule has 8 nitrogen and oxygen atoms in total. The molecule has 2 aromatic carbocycles. The SMILES string of the molecule is COC(=O)c1cc(-c2ccc(F)cc2F)ccc1OC(=O)SC[C@@H](NC(C)=O)C(N)=O. The van der Waals surface area contributed by atoms with E-state index in [1.165, 1.54) is 31.2 Å². The Balaban J connectivity index is 2.23. The molecule has 1 atom stereocenters. The van der Waals surface area contributed by atoms with Crippen LogP contribution in [0, 0.1) is 11.6 Å². The summed E-state index contributed by atoms with van der Waals surface area (Å²) in [5.74, 6) is -4.17. The molecule has 0 spiro atoms. The van der Waals surface area contributed by atoms with Gasteiger partial charge in [-0.25, -0.2) is 18.4 Å². The summed E-state index contributed by atoms with van der Waals surface area (Å²) in [4.78, 5) is 46.7. The lowest BCUT2D eigenvalue weighted by Crippen LogP contribution is -2.45. The van der Waals surface area contributed by atoms with Gasteiger partial charge in [0, 0.05) is 24.3 Å². The lowest BCUT2D eigenvalue weighted by molar-refractivity contribution is -0.125. The fourth-order valence-electron chi connectivity index (χ4n) is 2.49. The molecule has 0 aromatic heterocycles. The minimum absolute atomic E-state index is 0.0263. The van der Waals surface area contributed by atoms with E-state index in [1.807, 2.05) is 0 Å². The number of hydrogen-bond acceptors (Lipinski definition) is 7. The van der Waals surface area contributed by atoms with Crippen LogP contribution in [-0.2, 0) is 14.3 Å². The molecule has 0 unspecified atom stereocenters. The number of benzene rings is 2. The molecule has 31 heavy (non-hydrogen) atoms. The zero-order valence-corrected chi connectivity index (χ0v) is 17.3. The summed E-state index contributed by atoms with van der Waals surface area (Å²) >= 11 is 0.552. The van der Waals surface area contributed by atoms with Gasteiger partial charge in [0.2, 0.25) is 11.8 Å². The molecular formula is C20H18F2N2O6S. The maximum atomic E-state index is 14.1. The number of amides is 2. The van der Waals surface area contributed by atoms with Crippen molar-refractivity contribution in [2.45, 2.75) is 13.0 Å². The Morgan fingerprint density at radius 2 is 1.84 bits per heavy atom. The number of methoxy groups -OCH3 is 1. The van der Waals surface area contributed by atoms with Crippen LogP contribution in [0.15, 0.2) is 36.4 Å². The molecule has 0 aliphatic rings. The number of ether oxygens (including phenoxy) is 2. The van der Waals surface area contributed by atoms with Crippen molar-refractivity contribution in [3.63, 3.8) is 0 Å². The van der Waals surface area contributed by atoms with Gasteiger partial charge in [0.15, 0.2) is 0 Å². The van der Waals surface area contributed by atoms with Gasteiger partial charge in [0.25, 0.3) is 0 Å². The second-order valence-corrected chi connectivity index (χ2v) is 7.10. The Labute approximate surface area is 180 Å². The molecule has 0 radical (unpaired) electrons. The first kappa shape index (κ1) is 23.8. The Morgan fingerprint density at radius 3 is 2.42 bits per heavy atom. The van der Waals surface area contributed by atoms with Crippen LogP contribution in [0.4, 0.5) is 13.6 Å². The Morgan fingerprint density at radius 1 is 1.13 bits per heavy atom. The summed E-state index contributed by atoms with van der Waals surface area (Å²) in [5, 5.41) is 1.41. The molecule has 0 aliphatic heterocycles. The van der Waals surface area contributed by atoms with Gasteiger partial charge in [0.05, 0.1) is 7.11 Å². The first-order valence-electron chi connectivity index (χ1n) is 8.71. The maximum Gasteiger partial charge on any atom is 0.372 e. The number of nitrogens with one attached hydrogen (secondary N) is 1. The monoisotopic (exact) mass is 452 g/mol. The number of halogens is 2. The van der Waals surface area contributed by atoms with Gasteiger partial charge in [0.1, 0.15) is 29.0 Å². The maximum absolute atomic E-state index is 14.1. The van der Waals surface area contributed by atoms with Gasteiger partial charge in [-0.15, -0.1) is 0 Å². The highest BCUT2D eigenvalue weighted by Crippen LogP contribution is 2.30. The number of primary amides is 1. The third kappa shape index (κ3) is 6.51. The van der Waals surface area contributed by atoms with E-state index in [-0.39, 0.29) is 28.2 Å². The molecule has 0 aliphatic carbocycles. The lowest BCUT2D eigenvalue weighted by Gasteiger charge is -2.14. The molecule has 3 N–H and O–H groups in total. The van der Waals surface area contributed by atoms with Gasteiger partial charge in [-0.05, 0) is 41.6 Å². The van der Waals surface area contributed by atoms with Crippen LogP contribution in [0.3, 0.4) is 0 Å². The highest BCUT2D eigenvalue weighted by atomic mass is 32.2. The number of esters is 1. The van der Waals surface area contributed by atoms with Crippen molar-refractivity contribution in [1.29, 1.82) is 0 Å². The molecule has 164 valence electrons. The van der Waals surface area contributed by atoms with Crippen molar-refractivity contribution >= 4 is 34.8 Å². The number of nitrogens with two attached hydrogens (primary N) is 1. The van der Waals surface area contributed by atoms with Crippen molar-refractivity contribution < 1.29 is 37.4 Å². The second kappa shape index (κ2) is 10.5. The quantitative estimate of drug-likeness (QED) is 0.619. The number of thioether (sulfide) groups is 1. The van der Waals surface area contributed by atoms with E-state index in [4.69, 9.17) is 10.5 Å². The summed E-state index contributed by atoms with van der Waals surface area (Å²) < 4.78 is 37.1. The Bertz CT molecular complexity index is 1030. The summed E-state index contributed by atoms with van der Waals surface area (Å²) in [6.07, 6.45) is 0. The van der Waals surface area contributed by atoms with Crippen molar-refractivity contribution in [3.05, 3.63) is 53.6 Å². The predicted octanol–water partition coefficient (Wildman–Crippen LogP) is 2.64. The minimum atomic E-state index is -1.10. The smallest absolute Gasteiger partial charge is 0.372 e. The molecule has 0 fully saturated rings. The van der Waals surface area contributed by atoms with E-state index in [0.29, 0.717) is 17.8 Å². The van der Waals surface area contributed by atoms with Gasteiger partial charge < -0.3 is 20.5 Å². The fourth-order valence-corrected chi connectivity index (χ4v) is 3.19. The average molecular weight is 452 g/mol. The van der Waals surface area contributed by atoms with Crippen molar-refractivity contribution in [1.82, 2.24) is 5.32 Å². The summed E-state index contributed by atoms with van der Waals surface area (Å²) in [6, 6.07) is 5.72. The van der Waals surface area contributed by atoms with E-state index in [2.05, 4.69) is 10.1 Å². The van der Waals surface area contributed by atoms with Crippen LogP contribution < -0.4 is 15.8 Å². The summed E-state index contributed by atoms with van der Waals surface area (Å²) in [7, 11) is 1.11. The molecular weight excluding hydrogens is 434 g/mol. The Hall–Kier alpha value is -3.47. The van der Waals surface area contributed by atoms with Gasteiger partial charge >= 0.3 is 11.3 Å². The number of rotatable bonds is 7. The number of carbonyl (C=O) groups is 4. The van der Waals surface area contributed by atoms with E-state index in [9.17, 15) is 28.0 Å². The fraction of sp³-hybridized carbons (Fsp3) is 0.200. The first-order valence-corrected chi connectivity index (χ1v) is 9.69. The van der Waals surface area contributed by atoms with E-state index >= 15 is 0 Å². The van der Waals surface area contributed by atoms with E-state index in [0.717, 1.165) is 13.2 Å². The van der Waals surface area contributed by atoms with Gasteiger partial charge in [-0.3, -0.25) is 9.59 Å². The van der Waals surface area contributed by atoms with Crippen molar-refractivity contribution in [2.75, 3.05) is 12.9 Å². The molecule has 2 rings (SSSR count). The molecule has 2 aromatic rings. The highest BCUT2D eigenvalue weighted by molar-refractivity contribution is 8.13. The minimum Gasteiger partial charge on any atom is -0.465 e. The molecule has 11 heteroatoms. The van der Waals surface area contributed by atoms with Crippen LogP contribution in [0.5, 0.6) is 5.75 Å². The van der Waals surface area contributed by atoms with Gasteiger partial charge in [-0.1, -0.05) is 6.07 Å². The van der Waals surface area contributed by atoms with Crippen LogP contribution >= 0.6 is 11.8 Å². The number of hydrogen-bond donors (Lipinski definition) is 2. The van der Waals surface area contributed by atoms with Crippen molar-refractivity contribution in [2.24, 2.45) is 5.73 Å². The van der Waals surface area contributed by atoms with E-state index in [1.54, 1.807) is 0 Å². The summed E-state index contributed by atoms with van der Waals surface area (Å²) in [6.45, 7) is 1.19. The molecule has 0 bridgehead atoms. The standard InChI is InChI=1S/C20H18F2N2O6S/c1-10(25)24-16(18(23)26)9-31-20(28)30-17-6-3-11(7-14(17)19(27)29-2)13-5-4-12(21)8-15(13)22/h3-8,16H,9H2,1-2H3,(H2,23,26)(H,24,25)/t16-/m1/s1. The second-order valence-electron chi connectivity index (χ2n) is 6.15. The normalized spacial score (nSPS) is 11.4. The third-order valence-corrected chi connectivity index (χ3v) is 4.73. The van der Waals surface area contributed by atoms with Crippen molar-refractivity contribution in [3.8, 4) is 16.9 Å². The zero-order chi connectivity index (χ0) is 23.1. The molecule has 0 saturated carbocycles. The molecule has 0 heterocycles. The zero-order valence-electron chi connectivity index (χ0n) is 16.4. The topological polar surface area (TPSA) is 125 Å². The van der Waals surface area contributed by atoms with Crippen LogP contribution in [0.2, 0.25) is 0 Å². The molecule has 2 amide bonds. The number of carbonyl (C=O) groups excluding carboxylic acids is 4. The predicted molar refractivity (Wildman–Crippen MR) is 108 cm³/mol. The van der Waals surface area contributed by atoms with Crippen LogP contribution in [0.25, 0.3) is 11.1 Å².